The third kappa shape index (κ3) is 2.11. The monoisotopic (exact) mass is 240 g/mol. The molecule has 0 bridgehead atoms. The second kappa shape index (κ2) is 4.16. The van der Waals surface area contributed by atoms with E-state index in [1.54, 1.807) is 11.3 Å². The molecule has 3 N–H and O–H groups in total. The predicted molar refractivity (Wildman–Crippen MR) is 63.5 cm³/mol. The van der Waals surface area contributed by atoms with Crippen molar-refractivity contribution in [3.8, 4) is 0 Å². The average molecular weight is 240 g/mol. The molecule has 2 heterocycles. The lowest BCUT2D eigenvalue weighted by Gasteiger charge is -2.19. The van der Waals surface area contributed by atoms with Crippen molar-refractivity contribution < 1.29 is 9.90 Å². The molecule has 1 aromatic rings. The SMILES string of the molecule is Cc1ccsc1CN1CCC(N)(C(=O)O)C1. The smallest absolute Gasteiger partial charge is 0.325 e. The molecule has 0 saturated carbocycles. The van der Waals surface area contributed by atoms with E-state index in [4.69, 9.17) is 10.8 Å². The van der Waals surface area contributed by atoms with E-state index in [9.17, 15) is 4.79 Å². The van der Waals surface area contributed by atoms with Crippen molar-refractivity contribution in [3.05, 3.63) is 21.9 Å². The van der Waals surface area contributed by atoms with Gasteiger partial charge in [-0.15, -0.1) is 11.3 Å². The van der Waals surface area contributed by atoms with E-state index in [2.05, 4.69) is 23.3 Å². The standard InChI is InChI=1S/C11H16N2O2S/c1-8-2-5-16-9(8)6-13-4-3-11(12,7-13)10(14)15/h2,5H,3-4,6-7,12H2,1H3,(H,14,15). The number of carboxylic acid groups (broad SMARTS) is 1. The average Bonchev–Trinajstić information content (AvgIpc) is 2.77. The maximum atomic E-state index is 11.0. The van der Waals surface area contributed by atoms with Crippen molar-refractivity contribution in [2.24, 2.45) is 5.73 Å². The van der Waals surface area contributed by atoms with Gasteiger partial charge in [-0.05, 0) is 30.4 Å². The number of nitrogens with zero attached hydrogens (tertiary/aromatic N) is 1. The first-order chi connectivity index (χ1) is 7.51. The summed E-state index contributed by atoms with van der Waals surface area (Å²) in [5, 5.41) is 11.1. The number of carboxylic acids is 1. The van der Waals surface area contributed by atoms with E-state index in [-0.39, 0.29) is 0 Å². The van der Waals surface area contributed by atoms with E-state index in [0.717, 1.165) is 13.1 Å². The second-order valence-corrected chi connectivity index (χ2v) is 5.45. The minimum absolute atomic E-state index is 0.444. The molecule has 4 nitrogen and oxygen atoms in total. The van der Waals surface area contributed by atoms with E-state index in [0.29, 0.717) is 13.0 Å². The van der Waals surface area contributed by atoms with Crippen LogP contribution in [0.4, 0.5) is 0 Å². The Morgan fingerprint density at radius 1 is 1.75 bits per heavy atom. The predicted octanol–water partition coefficient (Wildman–Crippen LogP) is 1.04. The summed E-state index contributed by atoms with van der Waals surface area (Å²) >= 11 is 1.72. The first-order valence-corrected chi connectivity index (χ1v) is 6.17. The number of hydrogen-bond acceptors (Lipinski definition) is 4. The summed E-state index contributed by atoms with van der Waals surface area (Å²) in [5.74, 6) is -0.891. The van der Waals surface area contributed by atoms with Gasteiger partial charge in [0.2, 0.25) is 0 Å². The first kappa shape index (κ1) is 11.6. The molecule has 1 aromatic heterocycles. The molecule has 0 radical (unpaired) electrons. The van der Waals surface area contributed by atoms with Crippen LogP contribution in [0.1, 0.15) is 16.9 Å². The van der Waals surface area contributed by atoms with Gasteiger partial charge in [0.15, 0.2) is 0 Å². The Kier molecular flexibility index (Phi) is 3.01. The number of thiophene rings is 1. The summed E-state index contributed by atoms with van der Waals surface area (Å²) in [5.41, 5.74) is 6.04. The number of aliphatic carboxylic acids is 1. The van der Waals surface area contributed by atoms with Crippen LogP contribution in [-0.2, 0) is 11.3 Å². The van der Waals surface area contributed by atoms with Crippen molar-refractivity contribution in [3.63, 3.8) is 0 Å². The van der Waals surface area contributed by atoms with Crippen LogP contribution in [0, 0.1) is 6.92 Å². The fourth-order valence-corrected chi connectivity index (χ4v) is 2.94. The van der Waals surface area contributed by atoms with Crippen LogP contribution in [0.25, 0.3) is 0 Å². The molecule has 2 rings (SSSR count). The molecule has 1 unspecified atom stereocenters. The molecule has 16 heavy (non-hydrogen) atoms. The molecule has 1 fully saturated rings. The topological polar surface area (TPSA) is 66.6 Å². The minimum atomic E-state index is -1.05. The molecular weight excluding hydrogens is 224 g/mol. The third-order valence-corrected chi connectivity index (χ3v) is 4.15. The Morgan fingerprint density at radius 2 is 2.50 bits per heavy atom. The fraction of sp³-hybridized carbons (Fsp3) is 0.545. The van der Waals surface area contributed by atoms with E-state index >= 15 is 0 Å². The Hall–Kier alpha value is -0.910. The molecule has 1 aliphatic heterocycles. The molecule has 0 aromatic carbocycles. The van der Waals surface area contributed by atoms with Gasteiger partial charge in [-0.1, -0.05) is 0 Å². The maximum absolute atomic E-state index is 11.0. The van der Waals surface area contributed by atoms with Crippen molar-refractivity contribution in [1.82, 2.24) is 4.90 Å². The lowest BCUT2D eigenvalue weighted by Crippen LogP contribution is -2.50. The highest BCUT2D eigenvalue weighted by molar-refractivity contribution is 7.10. The van der Waals surface area contributed by atoms with E-state index in [1.165, 1.54) is 10.4 Å². The highest BCUT2D eigenvalue weighted by Crippen LogP contribution is 2.24. The number of rotatable bonds is 3. The molecule has 0 spiro atoms. The molecule has 5 heteroatoms. The minimum Gasteiger partial charge on any atom is -0.480 e. The highest BCUT2D eigenvalue weighted by atomic mass is 32.1. The Morgan fingerprint density at radius 3 is 3.00 bits per heavy atom. The van der Waals surface area contributed by atoms with Gasteiger partial charge in [0.1, 0.15) is 5.54 Å². The van der Waals surface area contributed by atoms with Gasteiger partial charge < -0.3 is 10.8 Å². The summed E-state index contributed by atoms with van der Waals surface area (Å²) in [4.78, 5) is 14.4. The zero-order valence-corrected chi connectivity index (χ0v) is 10.1. The molecular formula is C11H16N2O2S. The number of nitrogens with two attached hydrogens (primary N) is 1. The lowest BCUT2D eigenvalue weighted by atomic mass is 10.0. The van der Waals surface area contributed by atoms with Gasteiger partial charge in [-0.2, -0.15) is 0 Å². The number of carbonyl (C=O) groups is 1. The van der Waals surface area contributed by atoms with Crippen LogP contribution in [0.3, 0.4) is 0 Å². The van der Waals surface area contributed by atoms with E-state index < -0.39 is 11.5 Å². The summed E-state index contributed by atoms with van der Waals surface area (Å²) in [6, 6.07) is 2.09. The first-order valence-electron chi connectivity index (χ1n) is 5.29. The van der Waals surface area contributed by atoms with E-state index in [1.807, 2.05) is 0 Å². The van der Waals surface area contributed by atoms with Crippen molar-refractivity contribution in [1.29, 1.82) is 0 Å². The summed E-state index contributed by atoms with van der Waals surface area (Å²) in [6.07, 6.45) is 0.534. The van der Waals surface area contributed by atoms with Gasteiger partial charge in [-0.3, -0.25) is 9.69 Å². The van der Waals surface area contributed by atoms with Crippen molar-refractivity contribution in [2.75, 3.05) is 13.1 Å². The number of aryl methyl sites for hydroxylation is 1. The molecule has 0 amide bonds. The summed E-state index contributed by atoms with van der Waals surface area (Å²) < 4.78 is 0. The van der Waals surface area contributed by atoms with Crippen LogP contribution in [-0.4, -0.2) is 34.6 Å². The van der Waals surface area contributed by atoms with Crippen molar-refractivity contribution >= 4 is 17.3 Å². The fourth-order valence-electron chi connectivity index (χ4n) is 1.99. The van der Waals surface area contributed by atoms with Crippen LogP contribution in [0.15, 0.2) is 11.4 Å². The lowest BCUT2D eigenvalue weighted by molar-refractivity contribution is -0.142. The quantitative estimate of drug-likeness (QED) is 0.828. The Labute approximate surface area is 98.7 Å². The van der Waals surface area contributed by atoms with Crippen LogP contribution in [0.5, 0.6) is 0 Å². The van der Waals surface area contributed by atoms with Gasteiger partial charge in [0.05, 0.1) is 0 Å². The molecule has 1 atom stereocenters. The Bertz CT molecular complexity index is 404. The van der Waals surface area contributed by atoms with Crippen LogP contribution < -0.4 is 5.73 Å². The number of likely N-dealkylation sites (tertiary alicyclic amines) is 1. The molecule has 0 aliphatic carbocycles. The highest BCUT2D eigenvalue weighted by Gasteiger charge is 2.41. The Balaban J connectivity index is 2.00. The largest absolute Gasteiger partial charge is 0.480 e. The van der Waals surface area contributed by atoms with Crippen LogP contribution >= 0.6 is 11.3 Å². The molecule has 88 valence electrons. The van der Waals surface area contributed by atoms with Gasteiger partial charge in [0, 0.05) is 24.5 Å². The maximum Gasteiger partial charge on any atom is 0.325 e. The van der Waals surface area contributed by atoms with Crippen LogP contribution in [0.2, 0.25) is 0 Å². The zero-order chi connectivity index (χ0) is 11.8. The third-order valence-electron chi connectivity index (χ3n) is 3.14. The normalized spacial score (nSPS) is 26.1. The van der Waals surface area contributed by atoms with Crippen molar-refractivity contribution in [2.45, 2.75) is 25.4 Å². The summed E-state index contributed by atoms with van der Waals surface area (Å²) in [6.45, 7) is 4.10. The molecule has 1 aliphatic rings. The second-order valence-electron chi connectivity index (χ2n) is 4.45. The number of hydrogen-bond donors (Lipinski definition) is 2. The molecule has 1 saturated heterocycles. The van der Waals surface area contributed by atoms with Gasteiger partial charge in [-0.25, -0.2) is 0 Å². The zero-order valence-electron chi connectivity index (χ0n) is 9.27. The summed E-state index contributed by atoms with van der Waals surface area (Å²) in [7, 11) is 0. The van der Waals surface area contributed by atoms with Gasteiger partial charge in [0.25, 0.3) is 0 Å². The van der Waals surface area contributed by atoms with Gasteiger partial charge >= 0.3 is 5.97 Å².